The topological polar surface area (TPSA) is 9.23 Å². The van der Waals surface area contributed by atoms with Crippen LogP contribution in [0.15, 0.2) is 18.2 Å². The molecule has 1 unspecified atom stereocenters. The molecule has 2 heteroatoms. The summed E-state index contributed by atoms with van der Waals surface area (Å²) in [6.45, 7) is 4.89. The van der Waals surface area contributed by atoms with Crippen molar-refractivity contribution in [2.75, 3.05) is 13.7 Å². The van der Waals surface area contributed by atoms with Crippen LogP contribution < -0.4 is 0 Å². The van der Waals surface area contributed by atoms with Crippen LogP contribution in [0.2, 0.25) is 0 Å². The van der Waals surface area contributed by atoms with Gasteiger partial charge in [-0.05, 0) is 32.3 Å². The highest BCUT2D eigenvalue weighted by molar-refractivity contribution is 6.20. The lowest BCUT2D eigenvalue weighted by molar-refractivity contribution is 0.195. The van der Waals surface area contributed by atoms with E-state index in [1.165, 1.54) is 16.7 Å². The highest BCUT2D eigenvalue weighted by atomic mass is 35.5. The molecule has 0 bridgehead atoms. The summed E-state index contributed by atoms with van der Waals surface area (Å²) in [5, 5.41) is 0.121. The lowest BCUT2D eigenvalue weighted by Crippen LogP contribution is -2.08. The Bertz CT molecular complexity index is 289. The first-order chi connectivity index (χ1) is 7.11. The van der Waals surface area contributed by atoms with Crippen molar-refractivity contribution in [2.45, 2.75) is 32.1 Å². The van der Waals surface area contributed by atoms with Gasteiger partial charge in [0.25, 0.3) is 0 Å². The molecule has 1 aromatic carbocycles. The maximum absolute atomic E-state index is 6.09. The minimum Gasteiger partial charge on any atom is -0.383 e. The largest absolute Gasteiger partial charge is 0.383 e. The van der Waals surface area contributed by atoms with E-state index in [9.17, 15) is 0 Å². The average Bonchev–Trinajstić information content (AvgIpc) is 2.14. The Labute approximate surface area is 97.4 Å². The third-order valence-corrected chi connectivity index (χ3v) is 2.72. The Hall–Kier alpha value is -0.530. The van der Waals surface area contributed by atoms with Crippen molar-refractivity contribution in [3.8, 4) is 0 Å². The SMILES string of the molecule is COCC(Cl)CCc1cc(C)cc(C)c1. The van der Waals surface area contributed by atoms with Gasteiger partial charge in [-0.3, -0.25) is 0 Å². The molecule has 0 aliphatic carbocycles. The second kappa shape index (κ2) is 6.14. The predicted molar refractivity (Wildman–Crippen MR) is 65.8 cm³/mol. The van der Waals surface area contributed by atoms with Crippen molar-refractivity contribution < 1.29 is 4.74 Å². The van der Waals surface area contributed by atoms with Gasteiger partial charge in [0.1, 0.15) is 0 Å². The van der Waals surface area contributed by atoms with Gasteiger partial charge in [0, 0.05) is 7.11 Å². The van der Waals surface area contributed by atoms with Crippen molar-refractivity contribution in [3.05, 3.63) is 34.9 Å². The Morgan fingerprint density at radius 1 is 1.20 bits per heavy atom. The molecular weight excluding hydrogens is 208 g/mol. The van der Waals surface area contributed by atoms with Crippen molar-refractivity contribution in [1.29, 1.82) is 0 Å². The maximum atomic E-state index is 6.09. The first kappa shape index (κ1) is 12.5. The standard InChI is InChI=1S/C13H19ClO/c1-10-6-11(2)8-12(7-10)4-5-13(14)9-15-3/h6-8,13H,4-5,9H2,1-3H3. The molecule has 0 amide bonds. The highest BCUT2D eigenvalue weighted by Gasteiger charge is 2.04. The van der Waals surface area contributed by atoms with Crippen LogP contribution in [0.4, 0.5) is 0 Å². The number of hydrogen-bond acceptors (Lipinski definition) is 1. The molecule has 0 aromatic heterocycles. The number of ether oxygens (including phenoxy) is 1. The summed E-state index contributed by atoms with van der Waals surface area (Å²) in [4.78, 5) is 0. The highest BCUT2D eigenvalue weighted by Crippen LogP contribution is 2.13. The van der Waals surface area contributed by atoms with Crippen LogP contribution in [0, 0.1) is 13.8 Å². The van der Waals surface area contributed by atoms with E-state index in [1.807, 2.05) is 0 Å². The van der Waals surface area contributed by atoms with Crippen molar-refractivity contribution in [1.82, 2.24) is 0 Å². The van der Waals surface area contributed by atoms with E-state index in [0.29, 0.717) is 6.61 Å². The minimum atomic E-state index is 0.121. The third kappa shape index (κ3) is 4.67. The molecule has 15 heavy (non-hydrogen) atoms. The number of halogens is 1. The first-order valence-electron chi connectivity index (χ1n) is 5.32. The van der Waals surface area contributed by atoms with E-state index in [1.54, 1.807) is 7.11 Å². The van der Waals surface area contributed by atoms with E-state index in [-0.39, 0.29) is 5.38 Å². The number of benzene rings is 1. The normalized spacial score (nSPS) is 12.8. The molecule has 0 spiro atoms. The summed E-state index contributed by atoms with van der Waals surface area (Å²) in [6.07, 6.45) is 2.00. The summed E-state index contributed by atoms with van der Waals surface area (Å²) in [5.41, 5.74) is 4.01. The van der Waals surface area contributed by atoms with Crippen LogP contribution in [0.25, 0.3) is 0 Å². The zero-order valence-corrected chi connectivity index (χ0v) is 10.5. The van der Waals surface area contributed by atoms with E-state index in [0.717, 1.165) is 12.8 Å². The molecule has 1 rings (SSSR count). The van der Waals surface area contributed by atoms with Crippen LogP contribution in [-0.2, 0) is 11.2 Å². The van der Waals surface area contributed by atoms with Crippen molar-refractivity contribution >= 4 is 11.6 Å². The van der Waals surface area contributed by atoms with E-state index in [2.05, 4.69) is 32.0 Å². The van der Waals surface area contributed by atoms with Gasteiger partial charge in [-0.15, -0.1) is 11.6 Å². The number of hydrogen-bond donors (Lipinski definition) is 0. The van der Waals surface area contributed by atoms with Crippen molar-refractivity contribution in [2.24, 2.45) is 0 Å². The van der Waals surface area contributed by atoms with Gasteiger partial charge in [-0.2, -0.15) is 0 Å². The minimum absolute atomic E-state index is 0.121. The van der Waals surface area contributed by atoms with Gasteiger partial charge in [0.15, 0.2) is 0 Å². The van der Waals surface area contributed by atoms with Gasteiger partial charge >= 0.3 is 0 Å². The van der Waals surface area contributed by atoms with Crippen LogP contribution in [0.3, 0.4) is 0 Å². The molecule has 0 fully saturated rings. The third-order valence-electron chi connectivity index (χ3n) is 2.38. The fourth-order valence-corrected chi connectivity index (χ4v) is 2.04. The number of rotatable bonds is 5. The van der Waals surface area contributed by atoms with E-state index < -0.39 is 0 Å². The number of alkyl halides is 1. The fourth-order valence-electron chi connectivity index (χ4n) is 1.80. The predicted octanol–water partition coefficient (Wildman–Crippen LogP) is 3.49. The quantitative estimate of drug-likeness (QED) is 0.699. The van der Waals surface area contributed by atoms with E-state index >= 15 is 0 Å². The first-order valence-corrected chi connectivity index (χ1v) is 5.75. The van der Waals surface area contributed by atoms with E-state index in [4.69, 9.17) is 16.3 Å². The fraction of sp³-hybridized carbons (Fsp3) is 0.538. The molecule has 0 saturated heterocycles. The lowest BCUT2D eigenvalue weighted by atomic mass is 10.0. The Morgan fingerprint density at radius 2 is 1.80 bits per heavy atom. The molecule has 0 radical (unpaired) electrons. The Kier molecular flexibility index (Phi) is 5.13. The van der Waals surface area contributed by atoms with Crippen molar-refractivity contribution in [3.63, 3.8) is 0 Å². The van der Waals surface area contributed by atoms with Gasteiger partial charge in [0.05, 0.1) is 12.0 Å². The maximum Gasteiger partial charge on any atom is 0.0626 e. The Morgan fingerprint density at radius 3 is 2.33 bits per heavy atom. The molecule has 0 saturated carbocycles. The van der Waals surface area contributed by atoms with Gasteiger partial charge < -0.3 is 4.74 Å². The van der Waals surface area contributed by atoms with Crippen LogP contribution >= 0.6 is 11.6 Å². The summed E-state index contributed by atoms with van der Waals surface area (Å²) in [7, 11) is 1.69. The molecule has 1 aromatic rings. The zero-order valence-electron chi connectivity index (χ0n) is 9.72. The van der Waals surface area contributed by atoms with Crippen LogP contribution in [-0.4, -0.2) is 19.1 Å². The second-order valence-electron chi connectivity index (χ2n) is 4.09. The molecule has 0 aliphatic heterocycles. The Balaban J connectivity index is 2.50. The molecule has 0 aliphatic rings. The number of aryl methyl sites for hydroxylation is 3. The van der Waals surface area contributed by atoms with Gasteiger partial charge in [0.2, 0.25) is 0 Å². The molecule has 1 nitrogen and oxygen atoms in total. The molecular formula is C13H19ClO. The average molecular weight is 227 g/mol. The summed E-state index contributed by atoms with van der Waals surface area (Å²) < 4.78 is 5.01. The lowest BCUT2D eigenvalue weighted by Gasteiger charge is -2.09. The summed E-state index contributed by atoms with van der Waals surface area (Å²) >= 11 is 6.09. The molecule has 0 heterocycles. The molecule has 84 valence electrons. The van der Waals surface area contributed by atoms with Gasteiger partial charge in [-0.1, -0.05) is 29.3 Å². The smallest absolute Gasteiger partial charge is 0.0626 e. The monoisotopic (exact) mass is 226 g/mol. The zero-order chi connectivity index (χ0) is 11.3. The van der Waals surface area contributed by atoms with Gasteiger partial charge in [-0.25, -0.2) is 0 Å². The van der Waals surface area contributed by atoms with Crippen LogP contribution in [0.1, 0.15) is 23.1 Å². The summed E-state index contributed by atoms with van der Waals surface area (Å²) in [6, 6.07) is 6.64. The summed E-state index contributed by atoms with van der Waals surface area (Å²) in [5.74, 6) is 0. The molecule has 1 atom stereocenters. The number of methoxy groups -OCH3 is 1. The van der Waals surface area contributed by atoms with Crippen LogP contribution in [0.5, 0.6) is 0 Å². The second-order valence-corrected chi connectivity index (χ2v) is 4.70. The molecule has 0 N–H and O–H groups in total.